The average molecular weight is 408 g/mol. The standard InChI is InChI=1S/C22H25N5OS/c1-13(2)12-26-22-18(14(3)24-26)11-19(29-22)21(28)23-20-15(4)25-27(16(20)5)17-9-7-6-8-10-17/h6-11,13H,12H2,1-5H3,(H,23,28). The Bertz CT molecular complexity index is 1180. The molecule has 0 radical (unpaired) electrons. The van der Waals surface area contributed by atoms with Crippen molar-refractivity contribution in [2.45, 2.75) is 41.2 Å². The van der Waals surface area contributed by atoms with Crippen molar-refractivity contribution in [3.05, 3.63) is 58.4 Å². The van der Waals surface area contributed by atoms with Crippen LogP contribution < -0.4 is 5.32 Å². The zero-order valence-corrected chi connectivity index (χ0v) is 18.2. The van der Waals surface area contributed by atoms with Crippen molar-refractivity contribution in [2.24, 2.45) is 5.92 Å². The third-order valence-corrected chi connectivity index (χ3v) is 6.05. The van der Waals surface area contributed by atoms with Crippen LogP contribution in [0.3, 0.4) is 0 Å². The summed E-state index contributed by atoms with van der Waals surface area (Å²) in [5, 5.41) is 13.4. The van der Waals surface area contributed by atoms with Crippen LogP contribution in [0, 0.1) is 26.7 Å². The Hall–Kier alpha value is -2.93. The number of nitrogens with one attached hydrogen (secondary N) is 1. The lowest BCUT2D eigenvalue weighted by atomic mass is 10.2. The van der Waals surface area contributed by atoms with Crippen molar-refractivity contribution in [3.63, 3.8) is 0 Å². The van der Waals surface area contributed by atoms with E-state index in [2.05, 4.69) is 29.4 Å². The smallest absolute Gasteiger partial charge is 0.265 e. The molecular formula is C22H25N5OS. The maximum Gasteiger partial charge on any atom is 0.265 e. The highest BCUT2D eigenvalue weighted by Gasteiger charge is 2.20. The lowest BCUT2D eigenvalue weighted by molar-refractivity contribution is 0.103. The van der Waals surface area contributed by atoms with Crippen molar-refractivity contribution in [2.75, 3.05) is 5.32 Å². The number of carbonyl (C=O) groups excluding carboxylic acids is 1. The van der Waals surface area contributed by atoms with Crippen LogP contribution in [-0.4, -0.2) is 25.5 Å². The average Bonchev–Trinajstić information content (AvgIpc) is 3.33. The number of rotatable bonds is 5. The number of aryl methyl sites for hydroxylation is 2. The Morgan fingerprint density at radius 2 is 1.83 bits per heavy atom. The number of fused-ring (bicyclic) bond motifs is 1. The van der Waals surface area contributed by atoms with Crippen LogP contribution in [0.1, 0.15) is 40.6 Å². The molecule has 0 spiro atoms. The van der Waals surface area contributed by atoms with Gasteiger partial charge in [0.15, 0.2) is 0 Å². The zero-order chi connectivity index (χ0) is 20.7. The summed E-state index contributed by atoms with van der Waals surface area (Å²) in [6, 6.07) is 11.9. The lowest BCUT2D eigenvalue weighted by Crippen LogP contribution is -2.12. The molecule has 29 heavy (non-hydrogen) atoms. The maximum absolute atomic E-state index is 13.0. The minimum Gasteiger partial charge on any atom is -0.318 e. The summed E-state index contributed by atoms with van der Waals surface area (Å²) in [4.78, 5) is 14.7. The highest BCUT2D eigenvalue weighted by Crippen LogP contribution is 2.30. The van der Waals surface area contributed by atoms with Crippen molar-refractivity contribution in [1.29, 1.82) is 0 Å². The van der Waals surface area contributed by atoms with Gasteiger partial charge in [-0.3, -0.25) is 9.48 Å². The van der Waals surface area contributed by atoms with E-state index >= 15 is 0 Å². The number of aromatic nitrogens is 4. The molecule has 3 heterocycles. The van der Waals surface area contributed by atoms with Gasteiger partial charge in [-0.1, -0.05) is 32.0 Å². The summed E-state index contributed by atoms with van der Waals surface area (Å²) in [6.07, 6.45) is 0. The van der Waals surface area contributed by atoms with Crippen molar-refractivity contribution in [1.82, 2.24) is 19.6 Å². The van der Waals surface area contributed by atoms with Crippen LogP contribution in [-0.2, 0) is 6.54 Å². The highest BCUT2D eigenvalue weighted by atomic mass is 32.1. The molecule has 0 saturated carbocycles. The number of anilines is 1. The van der Waals surface area contributed by atoms with Crippen molar-refractivity contribution >= 4 is 33.1 Å². The number of thiophene rings is 1. The second-order valence-electron chi connectivity index (χ2n) is 7.74. The number of para-hydroxylation sites is 1. The second kappa shape index (κ2) is 7.48. The first-order valence-corrected chi connectivity index (χ1v) is 10.6. The van der Waals surface area contributed by atoms with Gasteiger partial charge >= 0.3 is 0 Å². The number of amides is 1. The van der Waals surface area contributed by atoms with E-state index in [0.29, 0.717) is 10.8 Å². The van der Waals surface area contributed by atoms with E-state index in [1.165, 1.54) is 11.3 Å². The van der Waals surface area contributed by atoms with E-state index in [4.69, 9.17) is 0 Å². The van der Waals surface area contributed by atoms with E-state index in [-0.39, 0.29) is 5.91 Å². The molecular weight excluding hydrogens is 382 g/mol. The predicted molar refractivity (Wildman–Crippen MR) is 118 cm³/mol. The predicted octanol–water partition coefficient (Wildman–Crippen LogP) is 5.12. The molecule has 1 N–H and O–H groups in total. The van der Waals surface area contributed by atoms with Gasteiger partial charge in [0.1, 0.15) is 4.83 Å². The molecule has 3 aromatic heterocycles. The normalized spacial score (nSPS) is 11.5. The number of hydrogen-bond acceptors (Lipinski definition) is 4. The molecule has 150 valence electrons. The number of carbonyl (C=O) groups is 1. The van der Waals surface area contributed by atoms with Gasteiger partial charge in [0.2, 0.25) is 0 Å². The van der Waals surface area contributed by atoms with E-state index in [1.807, 2.05) is 66.5 Å². The minimum atomic E-state index is -0.111. The number of nitrogens with zero attached hydrogens (tertiary/aromatic N) is 4. The van der Waals surface area contributed by atoms with Crippen LogP contribution in [0.2, 0.25) is 0 Å². The van der Waals surface area contributed by atoms with Crippen LogP contribution in [0.25, 0.3) is 15.9 Å². The Kier molecular flexibility index (Phi) is 5.00. The third-order valence-electron chi connectivity index (χ3n) is 4.90. The van der Waals surface area contributed by atoms with E-state index in [9.17, 15) is 4.79 Å². The number of benzene rings is 1. The summed E-state index contributed by atoms with van der Waals surface area (Å²) in [5.41, 5.74) is 4.39. The van der Waals surface area contributed by atoms with Crippen LogP contribution in [0.4, 0.5) is 5.69 Å². The molecule has 0 atom stereocenters. The van der Waals surface area contributed by atoms with Gasteiger partial charge in [0.25, 0.3) is 5.91 Å². The second-order valence-corrected chi connectivity index (χ2v) is 8.77. The van der Waals surface area contributed by atoms with Crippen LogP contribution >= 0.6 is 11.3 Å². The summed E-state index contributed by atoms with van der Waals surface area (Å²) in [5.74, 6) is 0.381. The summed E-state index contributed by atoms with van der Waals surface area (Å²) >= 11 is 1.49. The van der Waals surface area contributed by atoms with Crippen molar-refractivity contribution < 1.29 is 4.79 Å². The molecule has 0 unspecified atom stereocenters. The Balaban J connectivity index is 1.64. The van der Waals surface area contributed by atoms with Crippen molar-refractivity contribution in [3.8, 4) is 5.69 Å². The molecule has 7 heteroatoms. The highest BCUT2D eigenvalue weighted by molar-refractivity contribution is 7.20. The first kappa shape index (κ1) is 19.4. The van der Waals surface area contributed by atoms with E-state index in [0.717, 1.165) is 45.2 Å². The van der Waals surface area contributed by atoms with Gasteiger partial charge in [0.05, 0.1) is 33.3 Å². The van der Waals surface area contributed by atoms with Gasteiger partial charge in [-0.25, -0.2) is 4.68 Å². The van der Waals surface area contributed by atoms with Gasteiger partial charge in [-0.2, -0.15) is 10.2 Å². The molecule has 4 aromatic rings. The first-order chi connectivity index (χ1) is 13.8. The monoisotopic (exact) mass is 407 g/mol. The summed E-state index contributed by atoms with van der Waals surface area (Å²) in [6.45, 7) is 11.1. The fourth-order valence-corrected chi connectivity index (χ4v) is 4.58. The largest absolute Gasteiger partial charge is 0.318 e. The first-order valence-electron chi connectivity index (χ1n) is 9.75. The Morgan fingerprint density at radius 1 is 1.10 bits per heavy atom. The third kappa shape index (κ3) is 3.58. The number of hydrogen-bond donors (Lipinski definition) is 1. The summed E-state index contributed by atoms with van der Waals surface area (Å²) in [7, 11) is 0. The Labute approximate surface area is 174 Å². The fourth-order valence-electron chi connectivity index (χ4n) is 3.51. The molecule has 0 aliphatic carbocycles. The molecule has 0 aliphatic heterocycles. The molecule has 0 saturated heterocycles. The molecule has 0 bridgehead atoms. The zero-order valence-electron chi connectivity index (χ0n) is 17.4. The fraction of sp³-hybridized carbons (Fsp3) is 0.318. The minimum absolute atomic E-state index is 0.111. The van der Waals surface area contributed by atoms with E-state index < -0.39 is 0 Å². The Morgan fingerprint density at radius 3 is 2.52 bits per heavy atom. The quantitative estimate of drug-likeness (QED) is 0.499. The lowest BCUT2D eigenvalue weighted by Gasteiger charge is -2.06. The maximum atomic E-state index is 13.0. The van der Waals surface area contributed by atoms with Gasteiger partial charge in [0, 0.05) is 11.9 Å². The van der Waals surface area contributed by atoms with Gasteiger partial charge in [-0.15, -0.1) is 11.3 Å². The topological polar surface area (TPSA) is 64.7 Å². The molecule has 6 nitrogen and oxygen atoms in total. The van der Waals surface area contributed by atoms with E-state index in [1.54, 1.807) is 0 Å². The van der Waals surface area contributed by atoms with Crippen LogP contribution in [0.5, 0.6) is 0 Å². The molecule has 1 amide bonds. The van der Waals surface area contributed by atoms with Gasteiger partial charge in [-0.05, 0) is 44.9 Å². The van der Waals surface area contributed by atoms with Crippen LogP contribution in [0.15, 0.2) is 36.4 Å². The SMILES string of the molecule is Cc1nn(-c2ccccc2)c(C)c1NC(=O)c1cc2c(C)nn(CC(C)C)c2s1. The molecule has 0 fully saturated rings. The molecule has 4 rings (SSSR count). The molecule has 0 aliphatic rings. The molecule has 1 aromatic carbocycles. The summed E-state index contributed by atoms with van der Waals surface area (Å²) < 4.78 is 3.88. The van der Waals surface area contributed by atoms with Gasteiger partial charge < -0.3 is 5.32 Å².